The first kappa shape index (κ1) is 22.9. The average molecular weight is 427 g/mol. The number of piperazine rings is 1. The molecule has 1 aliphatic rings. The maximum absolute atomic E-state index is 12.3. The van der Waals surface area contributed by atoms with Gasteiger partial charge in [-0.3, -0.25) is 10.2 Å². The molecular weight excluding hydrogens is 392 g/mol. The lowest BCUT2D eigenvalue weighted by Crippen LogP contribution is -2.56. The summed E-state index contributed by atoms with van der Waals surface area (Å²) >= 11 is 0. The first-order chi connectivity index (χ1) is 14.7. The Bertz CT molecular complexity index is 870. The van der Waals surface area contributed by atoms with Crippen molar-refractivity contribution in [1.29, 1.82) is 0 Å². The minimum absolute atomic E-state index is 0.360. The van der Waals surface area contributed by atoms with E-state index in [2.05, 4.69) is 58.2 Å². The average Bonchev–Trinajstić information content (AvgIpc) is 2.70. The third-order valence-electron chi connectivity index (χ3n) is 5.34. The zero-order valence-electron chi connectivity index (χ0n) is 19.4. The first-order valence-electron chi connectivity index (χ1n) is 10.7. The molecule has 0 radical (unpaired) electrons. The van der Waals surface area contributed by atoms with Gasteiger partial charge in [0.15, 0.2) is 0 Å². The Labute approximate surface area is 185 Å². The number of nitrogens with zero attached hydrogens (tertiary/aromatic N) is 3. The molecule has 1 aliphatic heterocycles. The van der Waals surface area contributed by atoms with Crippen molar-refractivity contribution in [3.05, 3.63) is 48.2 Å². The molecule has 7 heteroatoms. The summed E-state index contributed by atoms with van der Waals surface area (Å²) in [6.45, 7) is 12.7. The van der Waals surface area contributed by atoms with Crippen LogP contribution in [-0.2, 0) is 11.3 Å². The highest BCUT2D eigenvalue weighted by molar-refractivity contribution is 5.87. The van der Waals surface area contributed by atoms with Crippen LogP contribution in [0.25, 0.3) is 0 Å². The fraction of sp³-hybridized carbons (Fsp3) is 0.500. The number of hydrogen-bond donors (Lipinski definition) is 1. The van der Waals surface area contributed by atoms with E-state index >= 15 is 0 Å². The fourth-order valence-electron chi connectivity index (χ4n) is 3.95. The molecule has 0 bridgehead atoms. The number of nitrogens with one attached hydrogen (secondary N) is 1. The van der Waals surface area contributed by atoms with E-state index < -0.39 is 11.7 Å². The molecule has 1 N–H and O–H groups in total. The third kappa shape index (κ3) is 6.10. The van der Waals surface area contributed by atoms with Crippen LogP contribution >= 0.6 is 0 Å². The van der Waals surface area contributed by atoms with Gasteiger partial charge in [0.1, 0.15) is 11.3 Å². The lowest BCUT2D eigenvalue weighted by Gasteiger charge is -2.45. The normalized spacial score (nSPS) is 19.7. The summed E-state index contributed by atoms with van der Waals surface area (Å²) in [6, 6.07) is 13.2. The monoisotopic (exact) mass is 426 g/mol. The van der Waals surface area contributed by atoms with Crippen LogP contribution in [0, 0.1) is 0 Å². The van der Waals surface area contributed by atoms with Crippen molar-refractivity contribution >= 4 is 17.5 Å². The van der Waals surface area contributed by atoms with Gasteiger partial charge in [0.25, 0.3) is 0 Å². The van der Waals surface area contributed by atoms with Crippen LogP contribution in [0.4, 0.5) is 16.2 Å². The van der Waals surface area contributed by atoms with Crippen LogP contribution in [-0.4, -0.2) is 53.9 Å². The molecule has 1 fully saturated rings. The molecule has 1 saturated heterocycles. The second-order valence-corrected chi connectivity index (χ2v) is 9.14. The smallest absolute Gasteiger partial charge is 0.412 e. The van der Waals surface area contributed by atoms with Crippen molar-refractivity contribution in [1.82, 2.24) is 9.88 Å². The number of benzene rings is 1. The van der Waals surface area contributed by atoms with Gasteiger partial charge in [0.2, 0.25) is 5.88 Å². The van der Waals surface area contributed by atoms with E-state index in [9.17, 15) is 4.79 Å². The Kier molecular flexibility index (Phi) is 7.05. The predicted octanol–water partition coefficient (Wildman–Crippen LogP) is 4.54. The summed E-state index contributed by atoms with van der Waals surface area (Å²) in [4.78, 5) is 21.5. The van der Waals surface area contributed by atoms with Crippen molar-refractivity contribution < 1.29 is 14.3 Å². The molecule has 0 saturated carbocycles. The van der Waals surface area contributed by atoms with Crippen molar-refractivity contribution in [2.75, 3.05) is 30.4 Å². The first-order valence-corrected chi connectivity index (χ1v) is 10.7. The zero-order chi connectivity index (χ0) is 22.6. The van der Waals surface area contributed by atoms with Crippen LogP contribution in [0.3, 0.4) is 0 Å². The number of pyridine rings is 1. The van der Waals surface area contributed by atoms with Gasteiger partial charge >= 0.3 is 6.09 Å². The molecule has 0 aliphatic carbocycles. The number of carbonyl (C=O) groups is 1. The minimum Gasteiger partial charge on any atom is -0.480 e. The number of anilines is 2. The molecular formula is C24H34N4O3. The number of amides is 1. The molecule has 1 aromatic carbocycles. The number of rotatable bonds is 5. The van der Waals surface area contributed by atoms with Crippen LogP contribution in [0.15, 0.2) is 42.6 Å². The van der Waals surface area contributed by atoms with E-state index in [1.54, 1.807) is 6.20 Å². The van der Waals surface area contributed by atoms with E-state index in [1.807, 2.05) is 32.9 Å². The number of carbonyl (C=O) groups excluding carboxylic acids is 1. The molecule has 168 valence electrons. The Morgan fingerprint density at radius 3 is 2.39 bits per heavy atom. The summed E-state index contributed by atoms with van der Waals surface area (Å²) in [6.07, 6.45) is 1.27. The molecule has 0 spiro atoms. The summed E-state index contributed by atoms with van der Waals surface area (Å²) in [5.74, 6) is 0.360. The zero-order valence-corrected chi connectivity index (χ0v) is 19.4. The largest absolute Gasteiger partial charge is 0.480 e. The van der Waals surface area contributed by atoms with E-state index in [0.717, 1.165) is 25.3 Å². The lowest BCUT2D eigenvalue weighted by molar-refractivity contribution is 0.0635. The third-order valence-corrected chi connectivity index (χ3v) is 5.34. The molecule has 1 amide bonds. The van der Waals surface area contributed by atoms with Gasteiger partial charge in [-0.15, -0.1) is 0 Å². The van der Waals surface area contributed by atoms with Crippen LogP contribution in [0.2, 0.25) is 0 Å². The second kappa shape index (κ2) is 9.56. The van der Waals surface area contributed by atoms with Gasteiger partial charge in [-0.2, -0.15) is 0 Å². The Balaban J connectivity index is 1.73. The van der Waals surface area contributed by atoms with Crippen LogP contribution in [0.1, 0.15) is 40.2 Å². The highest BCUT2D eigenvalue weighted by atomic mass is 16.6. The van der Waals surface area contributed by atoms with E-state index in [1.165, 1.54) is 12.7 Å². The molecule has 3 rings (SSSR count). The minimum atomic E-state index is -0.581. The van der Waals surface area contributed by atoms with Gasteiger partial charge in [-0.1, -0.05) is 30.3 Å². The Hall–Kier alpha value is -2.80. The number of hydrogen-bond acceptors (Lipinski definition) is 6. The SMILES string of the molecule is COc1ncc(N2C[C@@H](C)N(Cc3ccccc3)[C@@H](C)C2)cc1NC(=O)OC(C)(C)C. The highest BCUT2D eigenvalue weighted by Gasteiger charge is 2.30. The summed E-state index contributed by atoms with van der Waals surface area (Å²) in [7, 11) is 1.54. The van der Waals surface area contributed by atoms with Gasteiger partial charge in [-0.05, 0) is 46.2 Å². The molecule has 0 unspecified atom stereocenters. The summed E-state index contributed by atoms with van der Waals surface area (Å²) in [5.41, 5.74) is 2.19. The molecule has 1 aromatic heterocycles. The Morgan fingerprint density at radius 1 is 1.16 bits per heavy atom. The molecule has 2 atom stereocenters. The quantitative estimate of drug-likeness (QED) is 0.757. The Morgan fingerprint density at radius 2 is 1.81 bits per heavy atom. The predicted molar refractivity (Wildman–Crippen MR) is 124 cm³/mol. The summed E-state index contributed by atoms with van der Waals surface area (Å²) in [5, 5.41) is 2.78. The van der Waals surface area contributed by atoms with Gasteiger partial charge < -0.3 is 14.4 Å². The van der Waals surface area contributed by atoms with E-state index in [0.29, 0.717) is 23.7 Å². The van der Waals surface area contributed by atoms with Crippen LogP contribution in [0.5, 0.6) is 5.88 Å². The molecule has 2 heterocycles. The highest BCUT2D eigenvalue weighted by Crippen LogP contribution is 2.30. The van der Waals surface area contributed by atoms with Gasteiger partial charge in [0.05, 0.1) is 19.0 Å². The van der Waals surface area contributed by atoms with E-state index in [4.69, 9.17) is 9.47 Å². The molecule has 7 nitrogen and oxygen atoms in total. The number of methoxy groups -OCH3 is 1. The van der Waals surface area contributed by atoms with Gasteiger partial charge in [0, 0.05) is 31.7 Å². The van der Waals surface area contributed by atoms with Crippen molar-refractivity contribution in [2.45, 2.75) is 58.8 Å². The van der Waals surface area contributed by atoms with Crippen molar-refractivity contribution in [3.63, 3.8) is 0 Å². The summed E-state index contributed by atoms with van der Waals surface area (Å²) < 4.78 is 10.7. The number of ether oxygens (including phenoxy) is 2. The lowest BCUT2D eigenvalue weighted by atomic mass is 10.1. The fourth-order valence-corrected chi connectivity index (χ4v) is 3.95. The molecule has 2 aromatic rings. The number of aromatic nitrogens is 1. The second-order valence-electron chi connectivity index (χ2n) is 9.14. The maximum Gasteiger partial charge on any atom is 0.412 e. The maximum atomic E-state index is 12.3. The molecule has 31 heavy (non-hydrogen) atoms. The van der Waals surface area contributed by atoms with Crippen LogP contribution < -0.4 is 15.0 Å². The van der Waals surface area contributed by atoms with Crippen molar-refractivity contribution in [2.24, 2.45) is 0 Å². The van der Waals surface area contributed by atoms with Gasteiger partial charge in [-0.25, -0.2) is 9.78 Å². The topological polar surface area (TPSA) is 66.9 Å². The van der Waals surface area contributed by atoms with Crippen molar-refractivity contribution in [3.8, 4) is 5.88 Å². The standard InChI is InChI=1S/C24H34N4O3/c1-17-14-27(15-18(2)28(17)16-19-10-8-7-9-11-19)20-12-21(22(30-6)25-13-20)26-23(29)31-24(3,4)5/h7-13,17-18H,14-16H2,1-6H3,(H,26,29)/t17-,18+. The van der Waals surface area contributed by atoms with E-state index in [-0.39, 0.29) is 0 Å².